The van der Waals surface area contributed by atoms with Crippen LogP contribution >= 0.6 is 31.9 Å². The van der Waals surface area contributed by atoms with Crippen molar-refractivity contribution >= 4 is 36.5 Å². The van der Waals surface area contributed by atoms with E-state index in [1.54, 1.807) is 0 Å². The molecule has 0 unspecified atom stereocenters. The normalized spacial score (nSPS) is 19.2. The van der Waals surface area contributed by atoms with E-state index >= 15 is 0 Å². The van der Waals surface area contributed by atoms with E-state index in [0.29, 0.717) is 0 Å². The van der Waals surface area contributed by atoms with Crippen molar-refractivity contribution in [2.24, 2.45) is 4.99 Å². The number of aliphatic imine (C=N–C) groups is 1. The van der Waals surface area contributed by atoms with Crippen molar-refractivity contribution in [1.29, 1.82) is 0 Å². The second kappa shape index (κ2) is 2.84. The Morgan fingerprint density at radius 3 is 2.78 bits per heavy atom. The zero-order valence-corrected chi connectivity index (χ0v) is 8.11. The van der Waals surface area contributed by atoms with Crippen LogP contribution in [0.15, 0.2) is 15.8 Å². The molecule has 0 amide bonds. The van der Waals surface area contributed by atoms with Crippen LogP contribution in [0.1, 0.15) is 0 Å². The van der Waals surface area contributed by atoms with Crippen molar-refractivity contribution in [2.75, 3.05) is 13.6 Å². The molecule has 0 aliphatic carbocycles. The Hall–Kier alpha value is 0.170. The van der Waals surface area contributed by atoms with Gasteiger partial charge in [0.05, 0.1) is 6.54 Å². The molecular weight excluding hydrogens is 248 g/mol. The van der Waals surface area contributed by atoms with Gasteiger partial charge < -0.3 is 4.90 Å². The van der Waals surface area contributed by atoms with Crippen LogP contribution in [-0.2, 0) is 0 Å². The SMILES string of the molecule is CN1C=C(Br)N=C(Br)C1. The van der Waals surface area contributed by atoms with Gasteiger partial charge in [-0.05, 0) is 31.9 Å². The van der Waals surface area contributed by atoms with Gasteiger partial charge in [-0.15, -0.1) is 0 Å². The third-order valence-electron chi connectivity index (χ3n) is 0.935. The van der Waals surface area contributed by atoms with E-state index in [9.17, 15) is 0 Å². The summed E-state index contributed by atoms with van der Waals surface area (Å²) in [5.74, 6) is 0. The molecule has 0 bridgehead atoms. The van der Waals surface area contributed by atoms with Crippen molar-refractivity contribution in [3.63, 3.8) is 0 Å². The van der Waals surface area contributed by atoms with E-state index < -0.39 is 0 Å². The van der Waals surface area contributed by atoms with Crippen molar-refractivity contribution in [1.82, 2.24) is 4.90 Å². The molecule has 0 saturated carbocycles. The second-order valence-electron chi connectivity index (χ2n) is 1.86. The monoisotopic (exact) mass is 252 g/mol. The summed E-state index contributed by atoms with van der Waals surface area (Å²) < 4.78 is 1.82. The fraction of sp³-hybridized carbons (Fsp3) is 0.400. The van der Waals surface area contributed by atoms with Crippen LogP contribution in [0.3, 0.4) is 0 Å². The maximum atomic E-state index is 4.10. The first-order valence-electron chi connectivity index (χ1n) is 2.49. The van der Waals surface area contributed by atoms with Gasteiger partial charge >= 0.3 is 0 Å². The molecule has 0 radical (unpaired) electrons. The average Bonchev–Trinajstić information content (AvgIpc) is 1.59. The van der Waals surface area contributed by atoms with Gasteiger partial charge in [0.1, 0.15) is 9.23 Å². The van der Waals surface area contributed by atoms with Crippen LogP contribution in [0, 0.1) is 0 Å². The minimum atomic E-state index is 0.856. The molecule has 1 aliphatic heterocycles. The van der Waals surface area contributed by atoms with Crippen LogP contribution in [0.2, 0.25) is 0 Å². The van der Waals surface area contributed by atoms with E-state index in [0.717, 1.165) is 15.8 Å². The highest BCUT2D eigenvalue weighted by Gasteiger charge is 2.04. The molecule has 0 aromatic heterocycles. The first-order valence-corrected chi connectivity index (χ1v) is 4.08. The lowest BCUT2D eigenvalue weighted by atomic mass is 10.5. The van der Waals surface area contributed by atoms with Gasteiger partial charge in [0.25, 0.3) is 0 Å². The molecule has 1 rings (SSSR count). The number of hydrogen-bond acceptors (Lipinski definition) is 2. The molecule has 1 aliphatic rings. The standard InChI is InChI=1S/C5H6Br2N2/c1-9-2-4(6)8-5(7)3-9/h2H,3H2,1H3. The summed E-state index contributed by atoms with van der Waals surface area (Å²) in [7, 11) is 2.00. The number of halogens is 2. The Balaban J connectivity index is 2.74. The zero-order valence-electron chi connectivity index (χ0n) is 4.93. The number of hydrogen-bond donors (Lipinski definition) is 0. The summed E-state index contributed by atoms with van der Waals surface area (Å²) in [6.45, 7) is 0.856. The number of nitrogens with zero attached hydrogens (tertiary/aromatic N) is 2. The molecule has 50 valence electrons. The maximum Gasteiger partial charge on any atom is 0.122 e. The Morgan fingerprint density at radius 1 is 1.67 bits per heavy atom. The quantitative estimate of drug-likeness (QED) is 0.603. The molecule has 0 aromatic rings. The minimum absolute atomic E-state index is 0.856. The molecule has 9 heavy (non-hydrogen) atoms. The van der Waals surface area contributed by atoms with E-state index in [4.69, 9.17) is 0 Å². The third kappa shape index (κ3) is 2.10. The van der Waals surface area contributed by atoms with Crippen molar-refractivity contribution in [3.8, 4) is 0 Å². The van der Waals surface area contributed by atoms with Crippen molar-refractivity contribution in [2.45, 2.75) is 0 Å². The van der Waals surface area contributed by atoms with Gasteiger partial charge in [0.15, 0.2) is 0 Å². The van der Waals surface area contributed by atoms with Gasteiger partial charge in [-0.25, -0.2) is 4.99 Å². The lowest BCUT2D eigenvalue weighted by Crippen LogP contribution is -2.20. The lowest BCUT2D eigenvalue weighted by Gasteiger charge is -2.16. The average molecular weight is 254 g/mol. The molecule has 0 atom stereocenters. The molecule has 2 nitrogen and oxygen atoms in total. The van der Waals surface area contributed by atoms with Crippen LogP contribution < -0.4 is 0 Å². The van der Waals surface area contributed by atoms with Crippen LogP contribution in [0.5, 0.6) is 0 Å². The summed E-state index contributed by atoms with van der Waals surface area (Å²) in [4.78, 5) is 6.15. The topological polar surface area (TPSA) is 15.6 Å². The molecular formula is C5H6Br2N2. The molecule has 0 fully saturated rings. The molecule has 0 aromatic carbocycles. The highest BCUT2D eigenvalue weighted by molar-refractivity contribution is 9.18. The molecule has 0 N–H and O–H groups in total. The lowest BCUT2D eigenvalue weighted by molar-refractivity contribution is 0.519. The Morgan fingerprint density at radius 2 is 2.33 bits per heavy atom. The van der Waals surface area contributed by atoms with E-state index in [2.05, 4.69) is 36.9 Å². The summed E-state index contributed by atoms with van der Waals surface area (Å²) in [5, 5.41) is 0. The highest BCUT2D eigenvalue weighted by atomic mass is 79.9. The summed E-state index contributed by atoms with van der Waals surface area (Å²) in [5.41, 5.74) is 0. The Kier molecular flexibility index (Phi) is 2.29. The zero-order chi connectivity index (χ0) is 6.85. The van der Waals surface area contributed by atoms with Crippen LogP contribution in [-0.4, -0.2) is 23.1 Å². The van der Waals surface area contributed by atoms with E-state index in [-0.39, 0.29) is 0 Å². The minimum Gasteiger partial charge on any atom is -0.372 e. The van der Waals surface area contributed by atoms with Gasteiger partial charge in [-0.3, -0.25) is 0 Å². The van der Waals surface area contributed by atoms with Crippen molar-refractivity contribution in [3.05, 3.63) is 10.8 Å². The van der Waals surface area contributed by atoms with E-state index in [1.165, 1.54) is 0 Å². The third-order valence-corrected chi connectivity index (χ3v) is 1.75. The molecule has 4 heteroatoms. The maximum absolute atomic E-state index is 4.10. The van der Waals surface area contributed by atoms with E-state index in [1.807, 2.05) is 18.1 Å². The van der Waals surface area contributed by atoms with Crippen LogP contribution in [0.25, 0.3) is 0 Å². The summed E-state index contributed by atoms with van der Waals surface area (Å²) in [6.07, 6.45) is 1.94. The summed E-state index contributed by atoms with van der Waals surface area (Å²) in [6, 6.07) is 0. The van der Waals surface area contributed by atoms with Gasteiger partial charge in [-0.2, -0.15) is 0 Å². The molecule has 0 spiro atoms. The first-order chi connectivity index (χ1) is 4.18. The first kappa shape index (κ1) is 7.28. The predicted octanol–water partition coefficient (Wildman–Crippen LogP) is 1.92. The van der Waals surface area contributed by atoms with Gasteiger partial charge in [0, 0.05) is 13.2 Å². The highest BCUT2D eigenvalue weighted by Crippen LogP contribution is 2.14. The predicted molar refractivity (Wildman–Crippen MR) is 46.0 cm³/mol. The number of rotatable bonds is 0. The van der Waals surface area contributed by atoms with Gasteiger partial charge in [0.2, 0.25) is 0 Å². The molecule has 0 saturated heterocycles. The largest absolute Gasteiger partial charge is 0.372 e. The summed E-state index contributed by atoms with van der Waals surface area (Å²) >= 11 is 6.58. The Bertz CT molecular complexity index is 174. The second-order valence-corrected chi connectivity index (χ2v) is 3.58. The Labute approximate surface area is 70.9 Å². The van der Waals surface area contributed by atoms with Crippen molar-refractivity contribution < 1.29 is 0 Å². The van der Waals surface area contributed by atoms with Crippen LogP contribution in [0.4, 0.5) is 0 Å². The van der Waals surface area contributed by atoms with Gasteiger partial charge in [-0.1, -0.05) is 0 Å². The fourth-order valence-electron chi connectivity index (χ4n) is 0.613. The fourth-order valence-corrected chi connectivity index (χ4v) is 2.00. The molecule has 1 heterocycles. The smallest absolute Gasteiger partial charge is 0.122 e.